The summed E-state index contributed by atoms with van der Waals surface area (Å²) < 4.78 is 14.2. The number of aliphatic hydroxyl groups is 1. The summed E-state index contributed by atoms with van der Waals surface area (Å²) in [4.78, 5) is 11.8. The number of carbonyl (C=O) groups excluding carboxylic acids is 1. The fourth-order valence-electron chi connectivity index (χ4n) is 7.03. The number of hydrogen-bond donors (Lipinski definition) is 1. The van der Waals surface area contributed by atoms with E-state index < -0.39 is 6.17 Å². The topological polar surface area (TPSA) is 37.3 Å². The largest absolute Gasteiger partial charge is 0.393 e. The van der Waals surface area contributed by atoms with E-state index in [1.54, 1.807) is 0 Å². The Hall–Kier alpha value is -0.440. The molecule has 0 spiro atoms. The maximum Gasteiger partial charge on any atom is 0.167 e. The lowest BCUT2D eigenvalue weighted by Crippen LogP contribution is -2.55. The lowest BCUT2D eigenvalue weighted by molar-refractivity contribution is -0.151. The average molecular weight is 308 g/mol. The van der Waals surface area contributed by atoms with Crippen molar-refractivity contribution >= 4 is 5.78 Å². The number of carbonyl (C=O) groups is 1. The summed E-state index contributed by atoms with van der Waals surface area (Å²) in [5.41, 5.74) is 0.0923. The highest BCUT2D eigenvalue weighted by Gasteiger charge is 2.61. The third-order valence-electron chi connectivity index (χ3n) is 8.43. The second-order valence-electron chi connectivity index (χ2n) is 9.14. The monoisotopic (exact) mass is 308 g/mol. The smallest absolute Gasteiger partial charge is 0.167 e. The lowest BCUT2D eigenvalue weighted by Gasteiger charge is -2.60. The van der Waals surface area contributed by atoms with E-state index in [1.807, 2.05) is 0 Å². The van der Waals surface area contributed by atoms with Crippen LogP contribution in [0.2, 0.25) is 0 Å². The second kappa shape index (κ2) is 4.78. The first-order valence-corrected chi connectivity index (χ1v) is 9.21. The van der Waals surface area contributed by atoms with E-state index in [-0.39, 0.29) is 22.7 Å². The van der Waals surface area contributed by atoms with Crippen LogP contribution >= 0.6 is 0 Å². The van der Waals surface area contributed by atoms with E-state index in [0.29, 0.717) is 36.5 Å². The normalized spacial score (nSPS) is 57.9. The summed E-state index contributed by atoms with van der Waals surface area (Å²) in [5.74, 6) is 2.04. The molecule has 4 aliphatic rings. The molecular weight excluding hydrogens is 279 g/mol. The summed E-state index contributed by atoms with van der Waals surface area (Å²) >= 11 is 0. The highest BCUT2D eigenvalue weighted by Crippen LogP contribution is 2.66. The van der Waals surface area contributed by atoms with Crippen molar-refractivity contribution < 1.29 is 14.3 Å². The van der Waals surface area contributed by atoms with E-state index in [0.717, 1.165) is 32.1 Å². The van der Waals surface area contributed by atoms with Gasteiger partial charge in [0.15, 0.2) is 12.0 Å². The zero-order valence-electron chi connectivity index (χ0n) is 13.9. The van der Waals surface area contributed by atoms with Crippen LogP contribution in [-0.2, 0) is 4.79 Å². The second-order valence-corrected chi connectivity index (χ2v) is 9.14. The molecule has 3 heteroatoms. The summed E-state index contributed by atoms with van der Waals surface area (Å²) in [6.45, 7) is 4.55. The number of hydrogen-bond acceptors (Lipinski definition) is 2. The number of fused-ring (bicyclic) bond motifs is 5. The van der Waals surface area contributed by atoms with Crippen molar-refractivity contribution in [3.05, 3.63) is 0 Å². The highest BCUT2D eigenvalue weighted by atomic mass is 19.1. The van der Waals surface area contributed by atoms with Crippen molar-refractivity contribution in [2.45, 2.75) is 77.5 Å². The maximum atomic E-state index is 14.2. The quantitative estimate of drug-likeness (QED) is 0.737. The molecule has 0 aromatic heterocycles. The molecular formula is C19H29FO2. The molecule has 0 radical (unpaired) electrons. The van der Waals surface area contributed by atoms with Gasteiger partial charge in [-0.2, -0.15) is 0 Å². The van der Waals surface area contributed by atoms with Crippen molar-refractivity contribution in [2.75, 3.05) is 0 Å². The summed E-state index contributed by atoms with van der Waals surface area (Å²) in [7, 11) is 0. The van der Waals surface area contributed by atoms with Crippen molar-refractivity contribution in [2.24, 2.45) is 34.5 Å². The van der Waals surface area contributed by atoms with Gasteiger partial charge in [0, 0.05) is 6.42 Å². The molecule has 22 heavy (non-hydrogen) atoms. The number of ketones is 1. The molecule has 2 nitrogen and oxygen atoms in total. The number of halogens is 1. The molecule has 0 heterocycles. The minimum absolute atomic E-state index is 0.00508. The van der Waals surface area contributed by atoms with Gasteiger partial charge in [0.1, 0.15) is 0 Å². The van der Waals surface area contributed by atoms with E-state index in [2.05, 4.69) is 13.8 Å². The third-order valence-corrected chi connectivity index (χ3v) is 8.43. The molecule has 4 fully saturated rings. The third kappa shape index (κ3) is 1.84. The van der Waals surface area contributed by atoms with Crippen LogP contribution in [-0.4, -0.2) is 23.2 Å². The predicted octanol–water partition coefficient (Wildman–Crippen LogP) is 3.91. The number of Topliss-reactive ketones (excluding diaryl/α,β-unsaturated/α-hetero) is 1. The van der Waals surface area contributed by atoms with E-state index in [1.165, 1.54) is 6.42 Å². The molecule has 0 aromatic carbocycles. The Morgan fingerprint density at radius 3 is 2.55 bits per heavy atom. The molecule has 4 rings (SSSR count). The Morgan fingerprint density at radius 2 is 1.77 bits per heavy atom. The van der Waals surface area contributed by atoms with Crippen LogP contribution in [0.15, 0.2) is 0 Å². The van der Waals surface area contributed by atoms with Crippen LogP contribution in [0.4, 0.5) is 4.39 Å². The van der Waals surface area contributed by atoms with Gasteiger partial charge in [-0.3, -0.25) is 4.79 Å². The Balaban J connectivity index is 1.65. The maximum absolute atomic E-state index is 14.2. The van der Waals surface area contributed by atoms with E-state index in [9.17, 15) is 14.3 Å². The standard InChI is InChI=1S/C19H29FO2/c1-18-8-7-14-12(13(18)5-6-17(18)22)4-3-11-9-16(21)15(20)10-19(11,14)2/h11-15,17,22H,3-10H2,1-2H3/t11-,12-,13-,14-,15?,17-,18-,19-/m0/s1. The zero-order valence-corrected chi connectivity index (χ0v) is 13.9. The first-order chi connectivity index (χ1) is 10.4. The van der Waals surface area contributed by atoms with Crippen LogP contribution in [0.1, 0.15) is 65.2 Å². The molecule has 0 aliphatic heterocycles. The average Bonchev–Trinajstić information content (AvgIpc) is 2.77. The fourth-order valence-corrected chi connectivity index (χ4v) is 7.03. The molecule has 4 saturated carbocycles. The van der Waals surface area contributed by atoms with Crippen molar-refractivity contribution in [3.8, 4) is 0 Å². The van der Waals surface area contributed by atoms with Gasteiger partial charge < -0.3 is 5.11 Å². The van der Waals surface area contributed by atoms with Crippen LogP contribution < -0.4 is 0 Å². The lowest BCUT2D eigenvalue weighted by atomic mass is 9.45. The van der Waals surface area contributed by atoms with Gasteiger partial charge >= 0.3 is 0 Å². The number of rotatable bonds is 0. The summed E-state index contributed by atoms with van der Waals surface area (Å²) in [6, 6.07) is 0. The Labute approximate surface area is 132 Å². The molecule has 0 amide bonds. The van der Waals surface area contributed by atoms with Gasteiger partial charge in [-0.15, -0.1) is 0 Å². The Morgan fingerprint density at radius 1 is 1.05 bits per heavy atom. The first-order valence-electron chi connectivity index (χ1n) is 9.21. The van der Waals surface area contributed by atoms with Crippen LogP contribution in [0.5, 0.6) is 0 Å². The van der Waals surface area contributed by atoms with Gasteiger partial charge in [0.05, 0.1) is 6.10 Å². The molecule has 124 valence electrons. The van der Waals surface area contributed by atoms with Gasteiger partial charge in [-0.05, 0) is 79.4 Å². The van der Waals surface area contributed by atoms with Crippen molar-refractivity contribution in [3.63, 3.8) is 0 Å². The van der Waals surface area contributed by atoms with E-state index >= 15 is 0 Å². The SMILES string of the molecule is C[C@]12CC(F)C(=O)C[C@@H]1CC[C@@H]1[C@@H]2CC[C@]2(C)[C@@H](O)CC[C@@H]12. The molecule has 0 aromatic rings. The van der Waals surface area contributed by atoms with Crippen molar-refractivity contribution in [1.29, 1.82) is 0 Å². The van der Waals surface area contributed by atoms with Gasteiger partial charge in [-0.1, -0.05) is 13.8 Å². The molecule has 1 N–H and O–H groups in total. The number of alkyl halides is 1. The van der Waals surface area contributed by atoms with E-state index in [4.69, 9.17) is 0 Å². The van der Waals surface area contributed by atoms with Crippen LogP contribution in [0, 0.1) is 34.5 Å². The minimum Gasteiger partial charge on any atom is -0.393 e. The molecule has 1 unspecified atom stereocenters. The Bertz CT molecular complexity index is 492. The zero-order chi connectivity index (χ0) is 15.7. The predicted molar refractivity (Wildman–Crippen MR) is 83.0 cm³/mol. The van der Waals surface area contributed by atoms with Gasteiger partial charge in [-0.25, -0.2) is 4.39 Å². The summed E-state index contributed by atoms with van der Waals surface area (Å²) in [5, 5.41) is 10.4. The highest BCUT2D eigenvalue weighted by molar-refractivity contribution is 5.84. The molecule has 8 atom stereocenters. The van der Waals surface area contributed by atoms with Crippen LogP contribution in [0.3, 0.4) is 0 Å². The fraction of sp³-hybridized carbons (Fsp3) is 0.947. The van der Waals surface area contributed by atoms with Crippen molar-refractivity contribution in [1.82, 2.24) is 0 Å². The molecule has 0 saturated heterocycles. The molecule has 4 aliphatic carbocycles. The van der Waals surface area contributed by atoms with Gasteiger partial charge in [0.25, 0.3) is 0 Å². The minimum atomic E-state index is -1.23. The van der Waals surface area contributed by atoms with Crippen LogP contribution in [0.25, 0.3) is 0 Å². The number of aliphatic hydroxyl groups excluding tert-OH is 1. The first kappa shape index (κ1) is 15.1. The summed E-state index contributed by atoms with van der Waals surface area (Å²) in [6.07, 6.45) is 6.06. The Kier molecular flexibility index (Phi) is 3.28. The van der Waals surface area contributed by atoms with Gasteiger partial charge in [0.2, 0.25) is 0 Å². The molecule has 0 bridgehead atoms.